The monoisotopic (exact) mass is 345 g/mol. The van der Waals surface area contributed by atoms with Gasteiger partial charge >= 0.3 is 0 Å². The second-order valence-corrected chi connectivity index (χ2v) is 6.85. The van der Waals surface area contributed by atoms with Gasteiger partial charge in [0.05, 0.1) is 5.52 Å². The van der Waals surface area contributed by atoms with Gasteiger partial charge in [-0.15, -0.1) is 0 Å². The minimum atomic E-state index is 0.492. The van der Waals surface area contributed by atoms with Gasteiger partial charge in [-0.25, -0.2) is 4.98 Å². The van der Waals surface area contributed by atoms with Crippen LogP contribution in [0, 0.1) is 6.92 Å². The standard InChI is InChI=1S/C20H19N5O/c1-13-4-7-16(15-3-2-9-21-18(13)15)19-22-10-12-25(19)11-8-17-23-20(26-24-17)14-5-6-14/h2-4,7,9-10,12,14H,5-6,8,11H2,1H3. The summed E-state index contributed by atoms with van der Waals surface area (Å²) in [6.45, 7) is 2.84. The molecule has 0 unspecified atom stereocenters. The molecule has 26 heavy (non-hydrogen) atoms. The Morgan fingerprint density at radius 1 is 1.15 bits per heavy atom. The third kappa shape index (κ3) is 2.67. The number of fused-ring (bicyclic) bond motifs is 1. The normalized spacial score (nSPS) is 14.2. The topological polar surface area (TPSA) is 69.6 Å². The number of aryl methyl sites for hydroxylation is 3. The fraction of sp³-hybridized carbons (Fsp3) is 0.300. The van der Waals surface area contributed by atoms with Crippen molar-refractivity contribution in [1.82, 2.24) is 24.7 Å². The first-order valence-electron chi connectivity index (χ1n) is 8.98. The quantitative estimate of drug-likeness (QED) is 0.548. The number of aromatic nitrogens is 5. The molecule has 0 amide bonds. The number of benzene rings is 1. The molecule has 0 aliphatic heterocycles. The van der Waals surface area contributed by atoms with Gasteiger partial charge in [0.2, 0.25) is 5.89 Å². The second-order valence-electron chi connectivity index (χ2n) is 6.85. The lowest BCUT2D eigenvalue weighted by molar-refractivity contribution is 0.373. The van der Waals surface area contributed by atoms with Gasteiger partial charge < -0.3 is 9.09 Å². The van der Waals surface area contributed by atoms with Crippen molar-refractivity contribution in [2.45, 2.75) is 38.6 Å². The molecule has 0 N–H and O–H groups in total. The summed E-state index contributed by atoms with van der Waals surface area (Å²) in [4.78, 5) is 13.6. The SMILES string of the molecule is Cc1ccc(-c2nccn2CCc2noc(C3CC3)n2)c2cccnc12. The highest BCUT2D eigenvalue weighted by atomic mass is 16.5. The van der Waals surface area contributed by atoms with Crippen LogP contribution in [-0.4, -0.2) is 24.7 Å². The zero-order chi connectivity index (χ0) is 17.5. The first-order valence-corrected chi connectivity index (χ1v) is 8.98. The van der Waals surface area contributed by atoms with Gasteiger partial charge in [-0.2, -0.15) is 4.98 Å². The minimum absolute atomic E-state index is 0.492. The Balaban J connectivity index is 1.44. The van der Waals surface area contributed by atoms with E-state index in [1.165, 1.54) is 18.4 Å². The van der Waals surface area contributed by atoms with Crippen LogP contribution in [0.15, 0.2) is 47.4 Å². The van der Waals surface area contributed by atoms with Gasteiger partial charge in [0.15, 0.2) is 5.82 Å². The number of hydrogen-bond donors (Lipinski definition) is 0. The fourth-order valence-corrected chi connectivity index (χ4v) is 3.33. The van der Waals surface area contributed by atoms with E-state index in [1.54, 1.807) is 0 Å². The van der Waals surface area contributed by atoms with Crippen molar-refractivity contribution >= 4 is 10.9 Å². The number of hydrogen-bond acceptors (Lipinski definition) is 5. The van der Waals surface area contributed by atoms with Crippen LogP contribution in [0.25, 0.3) is 22.3 Å². The number of pyridine rings is 1. The Morgan fingerprint density at radius 2 is 2.08 bits per heavy atom. The predicted octanol–water partition coefficient (Wildman–Crippen LogP) is 3.91. The lowest BCUT2D eigenvalue weighted by atomic mass is 10.0. The molecule has 130 valence electrons. The van der Waals surface area contributed by atoms with Crippen molar-refractivity contribution in [3.8, 4) is 11.4 Å². The van der Waals surface area contributed by atoms with Crippen molar-refractivity contribution < 1.29 is 4.52 Å². The van der Waals surface area contributed by atoms with Crippen LogP contribution in [0.2, 0.25) is 0 Å². The van der Waals surface area contributed by atoms with E-state index < -0.39 is 0 Å². The fourth-order valence-electron chi connectivity index (χ4n) is 3.33. The van der Waals surface area contributed by atoms with Gasteiger partial charge in [0.25, 0.3) is 0 Å². The maximum Gasteiger partial charge on any atom is 0.229 e. The van der Waals surface area contributed by atoms with Crippen LogP contribution in [0.1, 0.15) is 36.0 Å². The summed E-state index contributed by atoms with van der Waals surface area (Å²) in [5, 5.41) is 5.23. The maximum atomic E-state index is 5.35. The molecule has 5 rings (SSSR count). The molecule has 6 nitrogen and oxygen atoms in total. The molecule has 1 fully saturated rings. The molecular formula is C20H19N5O. The summed E-state index contributed by atoms with van der Waals surface area (Å²) < 4.78 is 7.49. The summed E-state index contributed by atoms with van der Waals surface area (Å²) in [5.74, 6) is 2.99. The summed E-state index contributed by atoms with van der Waals surface area (Å²) in [5.41, 5.74) is 3.28. The summed E-state index contributed by atoms with van der Waals surface area (Å²) in [7, 11) is 0. The lowest BCUT2D eigenvalue weighted by Crippen LogP contribution is -2.04. The molecule has 0 radical (unpaired) electrons. The van der Waals surface area contributed by atoms with Crippen LogP contribution in [0.3, 0.4) is 0 Å². The molecule has 0 bridgehead atoms. The molecule has 0 atom stereocenters. The second kappa shape index (κ2) is 6.05. The maximum absolute atomic E-state index is 5.35. The average molecular weight is 345 g/mol. The van der Waals surface area contributed by atoms with Gasteiger partial charge in [-0.3, -0.25) is 4.98 Å². The highest BCUT2D eigenvalue weighted by molar-refractivity contribution is 5.94. The molecule has 1 aliphatic rings. The number of imidazole rings is 1. The van der Waals surface area contributed by atoms with Crippen molar-refractivity contribution in [3.05, 3.63) is 60.1 Å². The highest BCUT2D eigenvalue weighted by Gasteiger charge is 2.29. The molecule has 0 saturated heterocycles. The Bertz CT molecular complexity index is 1080. The molecule has 4 aromatic rings. The Labute approximate surface area is 150 Å². The van der Waals surface area contributed by atoms with E-state index in [4.69, 9.17) is 4.52 Å². The van der Waals surface area contributed by atoms with Crippen LogP contribution in [0.4, 0.5) is 0 Å². The minimum Gasteiger partial charge on any atom is -0.339 e. The van der Waals surface area contributed by atoms with Gasteiger partial charge in [-0.05, 0) is 31.4 Å². The number of nitrogens with zero attached hydrogens (tertiary/aromatic N) is 5. The highest BCUT2D eigenvalue weighted by Crippen LogP contribution is 2.38. The third-order valence-electron chi connectivity index (χ3n) is 4.91. The van der Waals surface area contributed by atoms with E-state index in [0.717, 1.165) is 47.0 Å². The van der Waals surface area contributed by atoms with Crippen LogP contribution in [0.5, 0.6) is 0 Å². The van der Waals surface area contributed by atoms with E-state index >= 15 is 0 Å². The molecule has 3 aromatic heterocycles. The Morgan fingerprint density at radius 3 is 2.96 bits per heavy atom. The smallest absolute Gasteiger partial charge is 0.229 e. The first kappa shape index (κ1) is 15.3. The van der Waals surface area contributed by atoms with Crippen molar-refractivity contribution in [1.29, 1.82) is 0 Å². The number of rotatable bonds is 5. The molecule has 6 heteroatoms. The zero-order valence-corrected chi connectivity index (χ0v) is 14.6. The van der Waals surface area contributed by atoms with Crippen LogP contribution < -0.4 is 0 Å². The Kier molecular flexibility index (Phi) is 3.55. The average Bonchev–Trinajstić information content (AvgIpc) is 3.23. The van der Waals surface area contributed by atoms with Gasteiger partial charge in [-0.1, -0.05) is 23.4 Å². The summed E-state index contributed by atoms with van der Waals surface area (Å²) in [6.07, 6.45) is 8.73. The molecule has 1 aliphatic carbocycles. The summed E-state index contributed by atoms with van der Waals surface area (Å²) >= 11 is 0. The largest absolute Gasteiger partial charge is 0.339 e. The summed E-state index contributed by atoms with van der Waals surface area (Å²) in [6, 6.07) is 8.30. The zero-order valence-electron chi connectivity index (χ0n) is 14.6. The van der Waals surface area contributed by atoms with Gasteiger partial charge in [0, 0.05) is 48.4 Å². The lowest BCUT2D eigenvalue weighted by Gasteiger charge is -2.10. The third-order valence-corrected chi connectivity index (χ3v) is 4.91. The van der Waals surface area contributed by atoms with E-state index in [2.05, 4.69) is 49.8 Å². The van der Waals surface area contributed by atoms with Crippen LogP contribution in [-0.2, 0) is 13.0 Å². The molecular weight excluding hydrogens is 326 g/mol. The van der Waals surface area contributed by atoms with E-state index in [9.17, 15) is 0 Å². The molecule has 1 saturated carbocycles. The first-order chi connectivity index (χ1) is 12.8. The van der Waals surface area contributed by atoms with Crippen LogP contribution >= 0.6 is 0 Å². The Hall–Kier alpha value is -3.02. The van der Waals surface area contributed by atoms with Crippen molar-refractivity contribution in [2.75, 3.05) is 0 Å². The van der Waals surface area contributed by atoms with Crippen molar-refractivity contribution in [3.63, 3.8) is 0 Å². The molecule has 3 heterocycles. The van der Waals surface area contributed by atoms with Crippen molar-refractivity contribution in [2.24, 2.45) is 0 Å². The predicted molar refractivity (Wildman–Crippen MR) is 97.7 cm³/mol. The van der Waals surface area contributed by atoms with E-state index in [1.807, 2.05) is 24.7 Å². The van der Waals surface area contributed by atoms with E-state index in [-0.39, 0.29) is 0 Å². The molecule has 1 aromatic carbocycles. The van der Waals surface area contributed by atoms with E-state index in [0.29, 0.717) is 5.92 Å². The van der Waals surface area contributed by atoms with Gasteiger partial charge in [0.1, 0.15) is 5.82 Å². The molecule has 0 spiro atoms.